The molecule has 0 atom stereocenters. The predicted molar refractivity (Wildman–Crippen MR) is 79.6 cm³/mol. The van der Waals surface area contributed by atoms with Crippen LogP contribution in [0.5, 0.6) is 0 Å². The van der Waals surface area contributed by atoms with Crippen molar-refractivity contribution in [1.29, 1.82) is 0 Å². The average Bonchev–Trinajstić information content (AvgIpc) is 2.45. The Kier molecular flexibility index (Phi) is 4.78. The first-order chi connectivity index (χ1) is 9.90. The number of rotatable bonds is 4. The summed E-state index contributed by atoms with van der Waals surface area (Å²) >= 11 is 5.89. The third-order valence-corrected chi connectivity index (χ3v) is 3.52. The van der Waals surface area contributed by atoms with Gasteiger partial charge in [-0.25, -0.2) is 0 Å². The molecular formula is C16H15ClF3N. The van der Waals surface area contributed by atoms with E-state index in [4.69, 9.17) is 11.6 Å². The van der Waals surface area contributed by atoms with Crippen LogP contribution in [-0.4, -0.2) is 0 Å². The summed E-state index contributed by atoms with van der Waals surface area (Å²) in [6.45, 7) is 2.59. The molecule has 0 aliphatic carbocycles. The molecule has 0 saturated heterocycles. The van der Waals surface area contributed by atoms with Crippen molar-refractivity contribution in [3.8, 4) is 0 Å². The van der Waals surface area contributed by atoms with Crippen molar-refractivity contribution in [3.63, 3.8) is 0 Å². The number of anilines is 1. The SMILES string of the molecule is CCc1ccc(CNc2ccc(C(F)(F)F)cc2Cl)cc1. The summed E-state index contributed by atoms with van der Waals surface area (Å²) in [6, 6.07) is 11.4. The van der Waals surface area contributed by atoms with E-state index in [0.29, 0.717) is 12.2 Å². The van der Waals surface area contributed by atoms with Crippen molar-refractivity contribution in [3.05, 3.63) is 64.2 Å². The smallest absolute Gasteiger partial charge is 0.380 e. The van der Waals surface area contributed by atoms with Gasteiger partial charge in [0.15, 0.2) is 0 Å². The topological polar surface area (TPSA) is 12.0 Å². The Morgan fingerprint density at radius 2 is 1.62 bits per heavy atom. The molecule has 0 fully saturated rings. The van der Waals surface area contributed by atoms with Crippen molar-refractivity contribution in [2.24, 2.45) is 0 Å². The first-order valence-electron chi connectivity index (χ1n) is 6.58. The van der Waals surface area contributed by atoms with Crippen LogP contribution >= 0.6 is 11.6 Å². The number of nitrogens with one attached hydrogen (secondary N) is 1. The zero-order chi connectivity index (χ0) is 15.5. The van der Waals surface area contributed by atoms with Gasteiger partial charge in [0.05, 0.1) is 16.3 Å². The van der Waals surface area contributed by atoms with Crippen LogP contribution in [0.15, 0.2) is 42.5 Å². The Hall–Kier alpha value is -1.68. The van der Waals surface area contributed by atoms with Gasteiger partial charge in [0.1, 0.15) is 0 Å². The van der Waals surface area contributed by atoms with Gasteiger partial charge in [-0.2, -0.15) is 13.2 Å². The molecule has 0 bridgehead atoms. The molecule has 5 heteroatoms. The maximum absolute atomic E-state index is 12.5. The zero-order valence-electron chi connectivity index (χ0n) is 11.5. The monoisotopic (exact) mass is 313 g/mol. The number of hydrogen-bond acceptors (Lipinski definition) is 1. The Bertz CT molecular complexity index is 606. The Morgan fingerprint density at radius 1 is 1.00 bits per heavy atom. The summed E-state index contributed by atoms with van der Waals surface area (Å²) in [5.74, 6) is 0. The molecule has 0 aliphatic rings. The molecule has 0 aromatic heterocycles. The van der Waals surface area contributed by atoms with Crippen LogP contribution in [0.2, 0.25) is 5.02 Å². The summed E-state index contributed by atoms with van der Waals surface area (Å²) in [6.07, 6.45) is -3.41. The minimum atomic E-state index is -4.38. The van der Waals surface area contributed by atoms with Crippen molar-refractivity contribution < 1.29 is 13.2 Å². The van der Waals surface area contributed by atoms with E-state index in [-0.39, 0.29) is 5.02 Å². The lowest BCUT2D eigenvalue weighted by atomic mass is 10.1. The first kappa shape index (κ1) is 15.7. The van der Waals surface area contributed by atoms with E-state index in [1.165, 1.54) is 11.6 Å². The molecule has 0 amide bonds. The van der Waals surface area contributed by atoms with Gasteiger partial charge in [-0.1, -0.05) is 42.8 Å². The second kappa shape index (κ2) is 6.39. The van der Waals surface area contributed by atoms with Crippen molar-refractivity contribution in [2.75, 3.05) is 5.32 Å². The quantitative estimate of drug-likeness (QED) is 0.782. The lowest BCUT2D eigenvalue weighted by Gasteiger charge is -2.12. The van der Waals surface area contributed by atoms with Gasteiger partial charge in [0, 0.05) is 6.54 Å². The van der Waals surface area contributed by atoms with Crippen LogP contribution < -0.4 is 5.32 Å². The number of alkyl halides is 3. The van der Waals surface area contributed by atoms with Crippen molar-refractivity contribution in [1.82, 2.24) is 0 Å². The van der Waals surface area contributed by atoms with E-state index in [9.17, 15) is 13.2 Å². The maximum Gasteiger partial charge on any atom is 0.416 e. The molecule has 2 rings (SSSR count). The molecule has 1 N–H and O–H groups in total. The van der Waals surface area contributed by atoms with E-state index < -0.39 is 11.7 Å². The third kappa shape index (κ3) is 4.14. The molecule has 2 aromatic carbocycles. The summed E-state index contributed by atoms with van der Waals surface area (Å²) in [5.41, 5.74) is 2.03. The second-order valence-corrected chi connectivity index (χ2v) is 5.12. The normalized spacial score (nSPS) is 11.5. The van der Waals surface area contributed by atoms with Crippen LogP contribution in [0.3, 0.4) is 0 Å². The molecule has 0 heterocycles. The maximum atomic E-state index is 12.5. The molecule has 0 aliphatic heterocycles. The zero-order valence-corrected chi connectivity index (χ0v) is 12.2. The van der Waals surface area contributed by atoms with Crippen molar-refractivity contribution >= 4 is 17.3 Å². The summed E-state index contributed by atoms with van der Waals surface area (Å²) in [7, 11) is 0. The second-order valence-electron chi connectivity index (χ2n) is 4.72. The van der Waals surface area contributed by atoms with Crippen LogP contribution in [0, 0.1) is 0 Å². The molecule has 0 radical (unpaired) electrons. The third-order valence-electron chi connectivity index (χ3n) is 3.21. The molecule has 0 spiro atoms. The molecule has 1 nitrogen and oxygen atoms in total. The molecule has 0 unspecified atom stereocenters. The fraction of sp³-hybridized carbons (Fsp3) is 0.250. The van der Waals surface area contributed by atoms with E-state index in [1.807, 2.05) is 24.3 Å². The van der Waals surface area contributed by atoms with Gasteiger partial charge in [-0.15, -0.1) is 0 Å². The first-order valence-corrected chi connectivity index (χ1v) is 6.96. The van der Waals surface area contributed by atoms with E-state index in [0.717, 1.165) is 24.1 Å². The Labute approximate surface area is 126 Å². The largest absolute Gasteiger partial charge is 0.416 e. The highest BCUT2D eigenvalue weighted by Crippen LogP contribution is 2.33. The fourth-order valence-corrected chi connectivity index (χ4v) is 2.17. The van der Waals surface area contributed by atoms with Gasteiger partial charge >= 0.3 is 6.18 Å². The summed E-state index contributed by atoms with van der Waals surface area (Å²) < 4.78 is 37.6. The summed E-state index contributed by atoms with van der Waals surface area (Å²) in [5, 5.41) is 3.11. The molecule has 21 heavy (non-hydrogen) atoms. The Balaban J connectivity index is 2.06. The highest BCUT2D eigenvalue weighted by molar-refractivity contribution is 6.33. The molecule has 112 valence electrons. The average molecular weight is 314 g/mol. The lowest BCUT2D eigenvalue weighted by Crippen LogP contribution is -2.06. The number of aryl methyl sites for hydroxylation is 1. The van der Waals surface area contributed by atoms with Gasteiger partial charge in [0.25, 0.3) is 0 Å². The van der Waals surface area contributed by atoms with Gasteiger partial charge in [0.2, 0.25) is 0 Å². The highest BCUT2D eigenvalue weighted by Gasteiger charge is 2.30. The fourth-order valence-electron chi connectivity index (χ4n) is 1.92. The van der Waals surface area contributed by atoms with E-state index >= 15 is 0 Å². The molecule has 2 aromatic rings. The minimum absolute atomic E-state index is 0.0648. The molecular weight excluding hydrogens is 299 g/mol. The standard InChI is InChI=1S/C16H15ClF3N/c1-2-11-3-5-12(6-4-11)10-21-15-8-7-13(9-14(15)17)16(18,19)20/h3-9,21H,2,10H2,1H3. The number of benzene rings is 2. The minimum Gasteiger partial charge on any atom is -0.380 e. The number of halogens is 4. The van der Waals surface area contributed by atoms with E-state index in [1.54, 1.807) is 0 Å². The van der Waals surface area contributed by atoms with Crippen LogP contribution in [-0.2, 0) is 19.1 Å². The van der Waals surface area contributed by atoms with Gasteiger partial charge in [-0.3, -0.25) is 0 Å². The Morgan fingerprint density at radius 3 is 2.14 bits per heavy atom. The van der Waals surface area contributed by atoms with Crippen LogP contribution in [0.1, 0.15) is 23.6 Å². The van der Waals surface area contributed by atoms with Gasteiger partial charge < -0.3 is 5.32 Å². The lowest BCUT2D eigenvalue weighted by molar-refractivity contribution is -0.137. The molecule has 0 saturated carbocycles. The number of hydrogen-bond donors (Lipinski definition) is 1. The van der Waals surface area contributed by atoms with Crippen molar-refractivity contribution in [2.45, 2.75) is 26.1 Å². The summed E-state index contributed by atoms with van der Waals surface area (Å²) in [4.78, 5) is 0. The van der Waals surface area contributed by atoms with E-state index in [2.05, 4.69) is 12.2 Å². The highest BCUT2D eigenvalue weighted by atomic mass is 35.5. The van der Waals surface area contributed by atoms with Crippen LogP contribution in [0.25, 0.3) is 0 Å². The van der Waals surface area contributed by atoms with Crippen LogP contribution in [0.4, 0.5) is 18.9 Å². The van der Waals surface area contributed by atoms with Gasteiger partial charge in [-0.05, 0) is 35.7 Å². The predicted octanol–water partition coefficient (Wildman–Crippen LogP) is 5.53.